The van der Waals surface area contributed by atoms with Gasteiger partial charge in [0.15, 0.2) is 0 Å². The summed E-state index contributed by atoms with van der Waals surface area (Å²) in [5.41, 5.74) is 2.96. The lowest BCUT2D eigenvalue weighted by atomic mass is 9.90. The molecule has 0 aromatic heterocycles. The van der Waals surface area contributed by atoms with Crippen LogP contribution in [0.1, 0.15) is 78.2 Å². The van der Waals surface area contributed by atoms with Gasteiger partial charge in [0, 0.05) is 5.02 Å². The molecule has 0 amide bonds. The first-order valence-corrected chi connectivity index (χ1v) is 25.8. The molecule has 0 unspecified atom stereocenters. The number of aliphatic hydroxyl groups excluding tert-OH is 1. The number of aliphatic hydroxyl groups is 1. The smallest absolute Gasteiger partial charge is 0.261 e. The zero-order valence-electron chi connectivity index (χ0n) is 36.8. The van der Waals surface area contributed by atoms with E-state index in [1.54, 1.807) is 0 Å². The molecule has 1 fully saturated rings. The quantitative estimate of drug-likeness (QED) is 0.117. The Kier molecular flexibility index (Phi) is 13.6. The highest BCUT2D eigenvalue weighted by Crippen LogP contribution is 2.46. The first-order valence-electron chi connectivity index (χ1n) is 21.6. The summed E-state index contributed by atoms with van der Waals surface area (Å²) in [6.07, 6.45) is -3.19. The fraction of sp³-hybridized carbons (Fsp3) is 0.321. The maximum atomic E-state index is 13.4. The van der Waals surface area contributed by atoms with Crippen molar-refractivity contribution < 1.29 is 23.4 Å². The third-order valence-electron chi connectivity index (χ3n) is 12.3. The van der Waals surface area contributed by atoms with Crippen LogP contribution in [0.4, 0.5) is 0 Å². The van der Waals surface area contributed by atoms with E-state index in [4.69, 9.17) is 29.9 Å². The zero-order valence-corrected chi connectivity index (χ0v) is 39.6. The Bertz CT molecular complexity index is 2230. The number of hydrogen-bond donors (Lipinski definition) is 1. The Hall–Kier alpha value is -4.32. The molecule has 5 atom stereocenters. The van der Waals surface area contributed by atoms with E-state index in [-0.39, 0.29) is 10.1 Å². The normalized spacial score (nSPS) is 20.0. The molecule has 8 heteroatoms. The molecule has 5 nitrogen and oxygen atoms in total. The predicted molar refractivity (Wildman–Crippen MR) is 256 cm³/mol. The predicted octanol–water partition coefficient (Wildman–Crippen LogP) is 10.0. The monoisotopic (exact) mass is 868 g/mol. The topological polar surface area (TPSA) is 57.2 Å². The van der Waals surface area contributed by atoms with Gasteiger partial charge in [0.2, 0.25) is 0 Å². The van der Waals surface area contributed by atoms with Crippen molar-refractivity contribution in [1.82, 2.24) is 0 Å². The highest BCUT2D eigenvalue weighted by Gasteiger charge is 2.59. The Morgan fingerprint density at radius 3 is 1.43 bits per heavy atom. The molecule has 318 valence electrons. The second kappa shape index (κ2) is 18.6. The highest BCUT2D eigenvalue weighted by atomic mass is 35.5. The lowest BCUT2D eigenvalue weighted by molar-refractivity contribution is -0.209. The van der Waals surface area contributed by atoms with Crippen LogP contribution in [0.3, 0.4) is 0 Å². The molecule has 0 spiro atoms. The molecule has 1 N–H and O–H groups in total. The molecule has 1 heterocycles. The van der Waals surface area contributed by atoms with Gasteiger partial charge in [-0.25, -0.2) is 0 Å². The molecule has 0 aliphatic carbocycles. The van der Waals surface area contributed by atoms with E-state index in [1.165, 1.54) is 0 Å². The average Bonchev–Trinajstić information content (AvgIpc) is 3.25. The lowest BCUT2D eigenvalue weighted by Gasteiger charge is -2.53. The number of hydrogen-bond acceptors (Lipinski definition) is 5. The van der Waals surface area contributed by atoms with Crippen LogP contribution in [0.25, 0.3) is 0 Å². The summed E-state index contributed by atoms with van der Waals surface area (Å²) in [4.78, 5) is 0. The molecule has 1 aliphatic heterocycles. The lowest BCUT2D eigenvalue weighted by Crippen LogP contribution is -2.73. The Balaban J connectivity index is 1.40. The summed E-state index contributed by atoms with van der Waals surface area (Å²) >= 11 is 6.99. The molecule has 0 radical (unpaired) electrons. The molecule has 7 rings (SSSR count). The van der Waals surface area contributed by atoms with Crippen molar-refractivity contribution >= 4 is 49.0 Å². The van der Waals surface area contributed by atoms with Gasteiger partial charge >= 0.3 is 0 Å². The van der Waals surface area contributed by atoms with Crippen LogP contribution in [-0.2, 0) is 20.0 Å². The van der Waals surface area contributed by atoms with Crippen LogP contribution in [0.15, 0.2) is 164 Å². The van der Waals surface area contributed by atoms with Crippen LogP contribution < -0.4 is 25.5 Å². The maximum absolute atomic E-state index is 13.4. The highest BCUT2D eigenvalue weighted by molar-refractivity contribution is 7.00. The van der Waals surface area contributed by atoms with Gasteiger partial charge in [0.05, 0.1) is 12.7 Å². The summed E-state index contributed by atoms with van der Waals surface area (Å²) < 4.78 is 28.8. The van der Waals surface area contributed by atoms with Crippen molar-refractivity contribution in [2.24, 2.45) is 0 Å². The Labute approximate surface area is 370 Å². The van der Waals surface area contributed by atoms with E-state index in [2.05, 4.69) is 157 Å². The molecule has 6 aromatic carbocycles. The molecule has 6 aromatic rings. The van der Waals surface area contributed by atoms with Gasteiger partial charge in [-0.05, 0) is 86.0 Å². The van der Waals surface area contributed by atoms with Gasteiger partial charge in [0.1, 0.15) is 30.2 Å². The van der Waals surface area contributed by atoms with Crippen LogP contribution in [0, 0.1) is 0 Å². The number of ether oxygens (including phenoxy) is 2. The third-order valence-corrected chi connectivity index (χ3v) is 22.7. The minimum absolute atomic E-state index is 0.327. The van der Waals surface area contributed by atoms with E-state index in [9.17, 15) is 5.11 Å². The summed E-state index contributed by atoms with van der Waals surface area (Å²) in [7, 11) is -6.40. The summed E-state index contributed by atoms with van der Waals surface area (Å²) in [6.45, 7) is 18.2. The average molecular weight is 870 g/mol. The van der Waals surface area contributed by atoms with E-state index < -0.39 is 47.2 Å². The summed E-state index contributed by atoms with van der Waals surface area (Å²) in [6, 6.07) is 56.6. The number of halogens is 1. The van der Waals surface area contributed by atoms with Crippen LogP contribution in [0.5, 0.6) is 5.75 Å². The van der Waals surface area contributed by atoms with Crippen molar-refractivity contribution in [3.8, 4) is 5.75 Å². The summed E-state index contributed by atoms with van der Waals surface area (Å²) in [5.74, 6) is 0.836. The fourth-order valence-corrected chi connectivity index (χ4v) is 19.0. The van der Waals surface area contributed by atoms with E-state index in [1.807, 2.05) is 62.4 Å². The largest absolute Gasteiger partial charge is 0.494 e. The van der Waals surface area contributed by atoms with Crippen molar-refractivity contribution in [2.75, 3.05) is 6.61 Å². The second-order valence-electron chi connectivity index (χ2n) is 18.3. The van der Waals surface area contributed by atoms with Gasteiger partial charge in [0.25, 0.3) is 16.6 Å². The first-order chi connectivity index (χ1) is 29.2. The Morgan fingerprint density at radius 2 is 1.02 bits per heavy atom. The van der Waals surface area contributed by atoms with Crippen molar-refractivity contribution in [3.63, 3.8) is 0 Å². The van der Waals surface area contributed by atoms with E-state index in [0.29, 0.717) is 18.1 Å². The van der Waals surface area contributed by atoms with Gasteiger partial charge in [-0.2, -0.15) is 0 Å². The fourth-order valence-electron chi connectivity index (χ4n) is 9.38. The molecule has 1 saturated heterocycles. The third kappa shape index (κ3) is 8.98. The standard InChI is InChI=1S/C53H61ClO5Si2/c1-9-56-42-33-30-39(31-34-42)36-41-37-40(32-35-47(41)54)50-51(59-61(53(6,7)8,45-26-18-12-19-27-45)46-28-20-13-21-29-46)48(55)49(38(2)57-50)58-60(52(3,4)5,43-22-14-10-15-23-43)44-24-16-11-17-25-44/h10-35,37-38,48-51,55H,9,36H2,1-8H3/t38-,48+,49-,50+,51-/m1/s1. The molecule has 61 heavy (non-hydrogen) atoms. The molecule has 1 aliphatic rings. The SMILES string of the molecule is CCOc1ccc(Cc2cc([C@@H]3O[C@H](C)[C@@H](O[Si](c4ccccc4)(c4ccccc4)C(C)(C)C)[C@H](O)[C@H]3O[Si](c3ccccc3)(c3ccccc3)C(C)(C)C)ccc2Cl)cc1. The van der Waals surface area contributed by atoms with Crippen molar-refractivity contribution in [3.05, 3.63) is 186 Å². The van der Waals surface area contributed by atoms with Gasteiger partial charge < -0.3 is 23.4 Å². The van der Waals surface area contributed by atoms with Crippen molar-refractivity contribution in [2.45, 2.75) is 102 Å². The van der Waals surface area contributed by atoms with Crippen molar-refractivity contribution in [1.29, 1.82) is 0 Å². The molecule has 0 bridgehead atoms. The Morgan fingerprint density at radius 1 is 0.590 bits per heavy atom. The van der Waals surface area contributed by atoms with Crippen LogP contribution in [0.2, 0.25) is 15.1 Å². The van der Waals surface area contributed by atoms with Gasteiger partial charge in [-0.3, -0.25) is 0 Å². The number of benzene rings is 6. The zero-order chi connectivity index (χ0) is 43.4. The first kappa shape index (κ1) is 44.7. The van der Waals surface area contributed by atoms with Crippen LogP contribution in [-0.4, -0.2) is 52.8 Å². The minimum Gasteiger partial charge on any atom is -0.494 e. The molecular weight excluding hydrogens is 808 g/mol. The van der Waals surface area contributed by atoms with E-state index >= 15 is 0 Å². The minimum atomic E-state index is -3.25. The molecular formula is C53H61ClO5Si2. The number of rotatable bonds is 13. The van der Waals surface area contributed by atoms with E-state index in [0.717, 1.165) is 43.2 Å². The maximum Gasteiger partial charge on any atom is 0.261 e. The summed E-state index contributed by atoms with van der Waals surface area (Å²) in [5, 5.41) is 17.9. The van der Waals surface area contributed by atoms with Crippen LogP contribution >= 0.6 is 11.6 Å². The second-order valence-corrected chi connectivity index (χ2v) is 27.3. The van der Waals surface area contributed by atoms with Gasteiger partial charge in [-0.15, -0.1) is 0 Å². The van der Waals surface area contributed by atoms with Gasteiger partial charge in [-0.1, -0.05) is 199 Å². The molecule has 0 saturated carbocycles.